The maximum atomic E-state index is 12.8. The standard InChI is InChI=1S/C17H23NO4S/c1-4-6-7-8-16-15(5-2)18(17(19)22-16)23(20,21)14-11-9-13(3)10-12-14/h5,9-12,15-16H,2,4,6-8H2,1,3H3/t15-,16-/m1/s1. The van der Waals surface area contributed by atoms with E-state index in [2.05, 4.69) is 13.5 Å². The zero-order valence-electron chi connectivity index (χ0n) is 13.6. The topological polar surface area (TPSA) is 63.7 Å². The van der Waals surface area contributed by atoms with Crippen molar-refractivity contribution in [1.82, 2.24) is 4.31 Å². The highest BCUT2D eigenvalue weighted by atomic mass is 32.2. The van der Waals surface area contributed by atoms with Crippen molar-refractivity contribution in [1.29, 1.82) is 0 Å². The van der Waals surface area contributed by atoms with Crippen LogP contribution in [0, 0.1) is 6.92 Å². The van der Waals surface area contributed by atoms with Crippen LogP contribution in [0.4, 0.5) is 4.79 Å². The molecule has 1 saturated heterocycles. The van der Waals surface area contributed by atoms with Gasteiger partial charge in [-0.2, -0.15) is 4.31 Å². The number of nitrogens with zero attached hydrogens (tertiary/aromatic N) is 1. The Morgan fingerprint density at radius 1 is 1.26 bits per heavy atom. The number of carbonyl (C=O) groups excluding carboxylic acids is 1. The lowest BCUT2D eigenvalue weighted by Gasteiger charge is -2.21. The number of ether oxygens (including phenoxy) is 1. The van der Waals surface area contributed by atoms with Crippen molar-refractivity contribution in [3.8, 4) is 0 Å². The molecule has 23 heavy (non-hydrogen) atoms. The summed E-state index contributed by atoms with van der Waals surface area (Å²) in [6.07, 6.45) is 3.78. The smallest absolute Gasteiger partial charge is 0.424 e. The Bertz CT molecular complexity index is 666. The van der Waals surface area contributed by atoms with E-state index in [0.29, 0.717) is 6.42 Å². The molecule has 0 aromatic heterocycles. The Morgan fingerprint density at radius 2 is 1.91 bits per heavy atom. The second kappa shape index (κ2) is 7.17. The van der Waals surface area contributed by atoms with Crippen LogP contribution in [0.5, 0.6) is 0 Å². The molecule has 0 unspecified atom stereocenters. The fourth-order valence-electron chi connectivity index (χ4n) is 2.68. The van der Waals surface area contributed by atoms with Crippen LogP contribution >= 0.6 is 0 Å². The van der Waals surface area contributed by atoms with Gasteiger partial charge in [0.2, 0.25) is 0 Å². The molecule has 1 heterocycles. The Kier molecular flexibility index (Phi) is 5.46. The predicted octanol–water partition coefficient (Wildman–Crippen LogP) is 3.64. The van der Waals surface area contributed by atoms with Crippen LogP contribution in [0.1, 0.15) is 38.2 Å². The van der Waals surface area contributed by atoms with Crippen molar-refractivity contribution in [3.63, 3.8) is 0 Å². The highest BCUT2D eigenvalue weighted by Gasteiger charge is 2.46. The third-order valence-corrected chi connectivity index (χ3v) is 5.77. The van der Waals surface area contributed by atoms with Crippen LogP contribution in [-0.4, -0.2) is 31.0 Å². The lowest BCUT2D eigenvalue weighted by molar-refractivity contribution is 0.127. The Balaban J connectivity index is 2.27. The first-order valence-electron chi connectivity index (χ1n) is 7.86. The third kappa shape index (κ3) is 3.58. The second-order valence-electron chi connectivity index (χ2n) is 5.76. The van der Waals surface area contributed by atoms with Gasteiger partial charge in [0, 0.05) is 0 Å². The van der Waals surface area contributed by atoms with Gasteiger partial charge in [-0.25, -0.2) is 13.2 Å². The van der Waals surface area contributed by atoms with E-state index in [1.807, 2.05) is 6.92 Å². The number of amides is 1. The summed E-state index contributed by atoms with van der Waals surface area (Å²) in [7, 11) is -3.94. The van der Waals surface area contributed by atoms with E-state index in [-0.39, 0.29) is 4.90 Å². The van der Waals surface area contributed by atoms with Gasteiger partial charge in [-0.3, -0.25) is 0 Å². The fraction of sp³-hybridized carbons (Fsp3) is 0.471. The zero-order chi connectivity index (χ0) is 17.0. The Hall–Kier alpha value is -1.82. The molecule has 0 aliphatic carbocycles. The van der Waals surface area contributed by atoms with E-state index >= 15 is 0 Å². The lowest BCUT2D eigenvalue weighted by Crippen LogP contribution is -2.39. The van der Waals surface area contributed by atoms with Crippen LogP contribution in [-0.2, 0) is 14.8 Å². The number of benzene rings is 1. The van der Waals surface area contributed by atoms with Crippen LogP contribution in [0.15, 0.2) is 41.8 Å². The van der Waals surface area contributed by atoms with Gasteiger partial charge in [0.25, 0.3) is 10.0 Å². The van der Waals surface area contributed by atoms with Crippen molar-refractivity contribution in [2.45, 2.75) is 56.6 Å². The van der Waals surface area contributed by atoms with Crippen LogP contribution in [0.25, 0.3) is 0 Å². The van der Waals surface area contributed by atoms with E-state index in [1.165, 1.54) is 18.2 Å². The molecule has 0 N–H and O–H groups in total. The van der Waals surface area contributed by atoms with E-state index in [0.717, 1.165) is 29.1 Å². The molecule has 1 amide bonds. The summed E-state index contributed by atoms with van der Waals surface area (Å²) in [4.78, 5) is 12.2. The molecule has 1 aliphatic rings. The van der Waals surface area contributed by atoms with Gasteiger partial charge in [-0.15, -0.1) is 6.58 Å². The zero-order valence-corrected chi connectivity index (χ0v) is 14.4. The molecule has 1 aliphatic heterocycles. The van der Waals surface area contributed by atoms with Gasteiger partial charge in [0.15, 0.2) is 0 Å². The summed E-state index contributed by atoms with van der Waals surface area (Å²) in [6, 6.07) is 5.75. The largest absolute Gasteiger partial charge is 0.443 e. The fourth-order valence-corrected chi connectivity index (χ4v) is 4.17. The minimum Gasteiger partial charge on any atom is -0.443 e. The van der Waals surface area contributed by atoms with Gasteiger partial charge in [0.05, 0.1) is 4.90 Å². The molecule has 1 aromatic rings. The predicted molar refractivity (Wildman–Crippen MR) is 88.6 cm³/mol. The maximum Gasteiger partial charge on any atom is 0.424 e. The number of unbranched alkanes of at least 4 members (excludes halogenated alkanes) is 2. The first-order chi connectivity index (χ1) is 10.9. The second-order valence-corrected chi connectivity index (χ2v) is 7.57. The number of cyclic esters (lactones) is 1. The summed E-state index contributed by atoms with van der Waals surface area (Å²) in [5.41, 5.74) is 0.950. The lowest BCUT2D eigenvalue weighted by atomic mass is 10.0. The average molecular weight is 337 g/mol. The summed E-state index contributed by atoms with van der Waals surface area (Å²) < 4.78 is 31.7. The molecule has 5 nitrogen and oxygen atoms in total. The third-order valence-electron chi connectivity index (χ3n) is 4.00. The molecular formula is C17H23NO4S. The molecule has 2 rings (SSSR count). The van der Waals surface area contributed by atoms with Gasteiger partial charge >= 0.3 is 6.09 Å². The number of aryl methyl sites for hydroxylation is 1. The monoisotopic (exact) mass is 337 g/mol. The van der Waals surface area contributed by atoms with Crippen molar-refractivity contribution < 1.29 is 17.9 Å². The first-order valence-corrected chi connectivity index (χ1v) is 9.30. The Morgan fingerprint density at radius 3 is 2.48 bits per heavy atom. The van der Waals surface area contributed by atoms with Gasteiger partial charge in [-0.05, 0) is 31.9 Å². The number of rotatable bonds is 7. The molecule has 6 heteroatoms. The minimum atomic E-state index is -3.94. The number of hydrogen-bond donors (Lipinski definition) is 0. The quantitative estimate of drug-likeness (QED) is 0.563. The van der Waals surface area contributed by atoms with Crippen molar-refractivity contribution >= 4 is 16.1 Å². The van der Waals surface area contributed by atoms with E-state index in [4.69, 9.17) is 4.74 Å². The van der Waals surface area contributed by atoms with Gasteiger partial charge < -0.3 is 4.74 Å². The van der Waals surface area contributed by atoms with Crippen LogP contribution in [0.2, 0.25) is 0 Å². The summed E-state index contributed by atoms with van der Waals surface area (Å²) in [5.74, 6) is 0. The van der Waals surface area contributed by atoms with E-state index < -0.39 is 28.3 Å². The molecule has 1 fully saturated rings. The van der Waals surface area contributed by atoms with Crippen molar-refractivity contribution in [2.24, 2.45) is 0 Å². The summed E-state index contributed by atoms with van der Waals surface area (Å²) >= 11 is 0. The highest BCUT2D eigenvalue weighted by Crippen LogP contribution is 2.30. The minimum absolute atomic E-state index is 0.0844. The van der Waals surface area contributed by atoms with Crippen molar-refractivity contribution in [3.05, 3.63) is 42.5 Å². The molecule has 0 saturated carbocycles. The normalized spacial score (nSPS) is 21.3. The van der Waals surface area contributed by atoms with Crippen molar-refractivity contribution in [2.75, 3.05) is 0 Å². The molecule has 1 aromatic carbocycles. The van der Waals surface area contributed by atoms with Gasteiger partial charge in [0.1, 0.15) is 12.1 Å². The Labute approximate surface area is 138 Å². The van der Waals surface area contributed by atoms with E-state index in [1.54, 1.807) is 12.1 Å². The molecular weight excluding hydrogens is 314 g/mol. The maximum absolute atomic E-state index is 12.8. The van der Waals surface area contributed by atoms with Crippen LogP contribution in [0.3, 0.4) is 0 Å². The first kappa shape index (κ1) is 17.5. The number of hydrogen-bond acceptors (Lipinski definition) is 4. The summed E-state index contributed by atoms with van der Waals surface area (Å²) in [5, 5.41) is 0. The molecule has 0 radical (unpaired) electrons. The SMILES string of the molecule is C=C[C@@H]1[C@@H](CCCCC)OC(=O)N1S(=O)(=O)c1ccc(C)cc1. The van der Waals surface area contributed by atoms with E-state index in [9.17, 15) is 13.2 Å². The molecule has 0 spiro atoms. The van der Waals surface area contributed by atoms with Crippen LogP contribution < -0.4 is 0 Å². The van der Waals surface area contributed by atoms with Gasteiger partial charge in [-0.1, -0.05) is 43.5 Å². The molecule has 2 atom stereocenters. The number of carbonyl (C=O) groups is 1. The highest BCUT2D eigenvalue weighted by molar-refractivity contribution is 7.89. The summed E-state index contributed by atoms with van der Waals surface area (Å²) in [6.45, 7) is 7.64. The average Bonchev–Trinajstić information content (AvgIpc) is 2.84. The molecule has 0 bridgehead atoms. The molecule has 126 valence electrons. The number of sulfonamides is 1.